The van der Waals surface area contributed by atoms with Crippen molar-refractivity contribution in [3.05, 3.63) is 113 Å². The van der Waals surface area contributed by atoms with Crippen molar-refractivity contribution in [3.8, 4) is 22.8 Å². The summed E-state index contributed by atoms with van der Waals surface area (Å²) in [6.45, 7) is 2.62. The highest BCUT2D eigenvalue weighted by Gasteiger charge is 2.28. The molecular weight excluding hydrogens is 540 g/mol. The summed E-state index contributed by atoms with van der Waals surface area (Å²) in [6, 6.07) is 29.0. The van der Waals surface area contributed by atoms with Crippen LogP contribution in [0.1, 0.15) is 64.7 Å². The van der Waals surface area contributed by atoms with Crippen LogP contribution in [0.15, 0.2) is 91.0 Å². The number of hydrogen-bond acceptors (Lipinski definition) is 6. The number of carbonyl (C=O) groups is 3. The molecule has 6 rings (SSSR count). The second kappa shape index (κ2) is 12.6. The van der Waals surface area contributed by atoms with Gasteiger partial charge in [-0.2, -0.15) is 0 Å². The Bertz CT molecular complexity index is 1630. The minimum atomic E-state index is -0.506. The Balaban J connectivity index is 1.12. The normalized spacial score (nSPS) is 17.8. The van der Waals surface area contributed by atoms with Gasteiger partial charge in [0.1, 0.15) is 11.5 Å². The summed E-state index contributed by atoms with van der Waals surface area (Å²) < 4.78 is 5.92. The first-order valence-corrected chi connectivity index (χ1v) is 14.7. The molecule has 2 saturated heterocycles. The van der Waals surface area contributed by atoms with Crippen molar-refractivity contribution in [3.63, 3.8) is 0 Å². The van der Waals surface area contributed by atoms with Gasteiger partial charge in [0.15, 0.2) is 0 Å². The van der Waals surface area contributed by atoms with E-state index in [1.54, 1.807) is 6.07 Å². The minimum absolute atomic E-state index is 0.197. The lowest BCUT2D eigenvalue weighted by molar-refractivity contribution is -0.134. The summed E-state index contributed by atoms with van der Waals surface area (Å²) in [6.07, 6.45) is 2.81. The zero-order chi connectivity index (χ0) is 29.8. The Hall–Kier alpha value is -4.82. The van der Waals surface area contributed by atoms with E-state index in [0.29, 0.717) is 29.8 Å². The van der Waals surface area contributed by atoms with E-state index >= 15 is 0 Å². The molecule has 0 radical (unpaired) electrons. The van der Waals surface area contributed by atoms with Crippen molar-refractivity contribution in [1.82, 2.24) is 15.2 Å². The van der Waals surface area contributed by atoms with Crippen LogP contribution in [0.2, 0.25) is 0 Å². The molecular formula is C35H34N4O4. The first-order valence-electron chi connectivity index (χ1n) is 14.7. The van der Waals surface area contributed by atoms with Gasteiger partial charge in [-0.15, -0.1) is 0 Å². The molecule has 2 fully saturated rings. The van der Waals surface area contributed by atoms with Crippen molar-refractivity contribution < 1.29 is 19.1 Å². The van der Waals surface area contributed by atoms with E-state index in [-0.39, 0.29) is 23.7 Å². The van der Waals surface area contributed by atoms with Gasteiger partial charge in [-0.05, 0) is 92.0 Å². The monoisotopic (exact) mass is 574 g/mol. The van der Waals surface area contributed by atoms with Crippen LogP contribution >= 0.6 is 0 Å². The predicted octanol–water partition coefficient (Wildman–Crippen LogP) is 5.54. The number of nitrogens with one attached hydrogen (secondary N) is 1. The number of likely N-dealkylation sites (tertiary alicyclic amines) is 1. The molecule has 0 aliphatic carbocycles. The number of nitrogens with zero attached hydrogens (tertiary/aromatic N) is 2. The fourth-order valence-electron chi connectivity index (χ4n) is 5.99. The number of primary amides is 1. The fourth-order valence-corrected chi connectivity index (χ4v) is 5.99. The lowest BCUT2D eigenvalue weighted by Crippen LogP contribution is -2.39. The van der Waals surface area contributed by atoms with E-state index in [1.807, 2.05) is 72.8 Å². The Morgan fingerprint density at radius 2 is 1.63 bits per heavy atom. The minimum Gasteiger partial charge on any atom is -0.457 e. The first-order chi connectivity index (χ1) is 20.9. The molecule has 2 aliphatic rings. The highest BCUT2D eigenvalue weighted by Crippen LogP contribution is 2.32. The number of nitrogens with two attached hydrogens (primary N) is 1. The third-order valence-electron chi connectivity index (χ3n) is 8.29. The van der Waals surface area contributed by atoms with Crippen LogP contribution in [-0.2, 0) is 16.1 Å². The van der Waals surface area contributed by atoms with Crippen LogP contribution in [0.25, 0.3) is 11.3 Å². The summed E-state index contributed by atoms with van der Waals surface area (Å²) in [5.41, 5.74) is 10.6. The number of piperidine rings is 2. The summed E-state index contributed by atoms with van der Waals surface area (Å²) in [5, 5.41) is 2.46. The highest BCUT2D eigenvalue weighted by molar-refractivity contribution is 6.01. The SMILES string of the molecule is NC(=O)c1ccc(C2CCN(Cc3cccc(C4CCC(=O)NC4=O)c3)CC2)nc1-c1ccc(Oc2ccccc2)cc1. The predicted molar refractivity (Wildman–Crippen MR) is 164 cm³/mol. The van der Waals surface area contributed by atoms with Crippen LogP contribution in [0.4, 0.5) is 0 Å². The van der Waals surface area contributed by atoms with Crippen LogP contribution in [-0.4, -0.2) is 40.7 Å². The Morgan fingerprint density at radius 3 is 2.35 bits per heavy atom. The number of imide groups is 1. The zero-order valence-corrected chi connectivity index (χ0v) is 23.9. The molecule has 1 unspecified atom stereocenters. The van der Waals surface area contributed by atoms with E-state index in [1.165, 1.54) is 0 Å². The number of rotatable bonds is 8. The topological polar surface area (TPSA) is 115 Å². The summed E-state index contributed by atoms with van der Waals surface area (Å²) in [4.78, 5) is 43.6. The van der Waals surface area contributed by atoms with E-state index in [9.17, 15) is 14.4 Å². The molecule has 0 saturated carbocycles. The van der Waals surface area contributed by atoms with Crippen LogP contribution < -0.4 is 15.8 Å². The maximum absolute atomic E-state index is 12.4. The first kappa shape index (κ1) is 28.3. The van der Waals surface area contributed by atoms with Crippen molar-refractivity contribution in [2.75, 3.05) is 13.1 Å². The van der Waals surface area contributed by atoms with Gasteiger partial charge in [0.2, 0.25) is 11.8 Å². The molecule has 8 nitrogen and oxygen atoms in total. The number of hydrogen-bond donors (Lipinski definition) is 2. The quantitative estimate of drug-likeness (QED) is 0.267. The maximum atomic E-state index is 12.4. The van der Waals surface area contributed by atoms with Gasteiger partial charge in [-0.25, -0.2) is 0 Å². The molecule has 218 valence electrons. The molecule has 3 heterocycles. The van der Waals surface area contributed by atoms with Gasteiger partial charge >= 0.3 is 0 Å². The van der Waals surface area contributed by atoms with Crippen molar-refractivity contribution in [1.29, 1.82) is 0 Å². The van der Waals surface area contributed by atoms with E-state index in [4.69, 9.17) is 15.5 Å². The zero-order valence-electron chi connectivity index (χ0n) is 23.9. The molecule has 3 aromatic carbocycles. The summed E-state index contributed by atoms with van der Waals surface area (Å²) in [7, 11) is 0. The lowest BCUT2D eigenvalue weighted by atomic mass is 9.89. The number of pyridine rings is 1. The molecule has 8 heteroatoms. The van der Waals surface area contributed by atoms with Crippen LogP contribution in [0.3, 0.4) is 0 Å². The third kappa shape index (κ3) is 6.65. The van der Waals surface area contributed by atoms with Crippen molar-refractivity contribution >= 4 is 17.7 Å². The van der Waals surface area contributed by atoms with E-state index in [0.717, 1.165) is 60.6 Å². The number of carbonyl (C=O) groups excluding carboxylic acids is 3. The Kier molecular flexibility index (Phi) is 8.29. The molecule has 2 aliphatic heterocycles. The van der Waals surface area contributed by atoms with Crippen molar-refractivity contribution in [2.45, 2.75) is 44.1 Å². The third-order valence-corrected chi connectivity index (χ3v) is 8.29. The molecule has 3 amide bonds. The number of ether oxygens (including phenoxy) is 1. The molecule has 4 aromatic rings. The Morgan fingerprint density at radius 1 is 0.884 bits per heavy atom. The van der Waals surface area contributed by atoms with Crippen molar-refractivity contribution in [2.24, 2.45) is 5.73 Å². The maximum Gasteiger partial charge on any atom is 0.250 e. The fraction of sp³-hybridized carbons (Fsp3) is 0.257. The van der Waals surface area contributed by atoms with Gasteiger partial charge in [0, 0.05) is 30.1 Å². The number of amides is 3. The smallest absolute Gasteiger partial charge is 0.250 e. The van der Waals surface area contributed by atoms with Gasteiger partial charge in [0.25, 0.3) is 5.91 Å². The van der Waals surface area contributed by atoms with E-state index in [2.05, 4.69) is 22.3 Å². The number of aromatic nitrogens is 1. The summed E-state index contributed by atoms with van der Waals surface area (Å²) in [5.74, 6) is 0.528. The van der Waals surface area contributed by atoms with E-state index < -0.39 is 5.91 Å². The van der Waals surface area contributed by atoms with Gasteiger partial charge in [0.05, 0.1) is 17.2 Å². The average Bonchev–Trinajstić information content (AvgIpc) is 3.02. The Labute approximate surface area is 250 Å². The summed E-state index contributed by atoms with van der Waals surface area (Å²) >= 11 is 0. The van der Waals surface area contributed by atoms with Gasteiger partial charge in [-0.3, -0.25) is 29.6 Å². The number of para-hydroxylation sites is 1. The lowest BCUT2D eigenvalue weighted by Gasteiger charge is -2.32. The highest BCUT2D eigenvalue weighted by atomic mass is 16.5. The van der Waals surface area contributed by atoms with Gasteiger partial charge < -0.3 is 10.5 Å². The molecule has 43 heavy (non-hydrogen) atoms. The second-order valence-electron chi connectivity index (χ2n) is 11.2. The molecule has 3 N–H and O–H groups in total. The van der Waals surface area contributed by atoms with Gasteiger partial charge in [-0.1, -0.05) is 42.5 Å². The van der Waals surface area contributed by atoms with Crippen LogP contribution in [0, 0.1) is 0 Å². The molecule has 0 bridgehead atoms. The molecule has 0 spiro atoms. The second-order valence-corrected chi connectivity index (χ2v) is 11.2. The molecule has 1 aromatic heterocycles. The number of benzene rings is 3. The average molecular weight is 575 g/mol. The molecule has 1 atom stereocenters. The standard InChI is InChI=1S/C35H34N4O4/c36-34(41)30-13-15-31(37-33(30)25-9-11-28(12-10-25)43-27-7-2-1-3-8-27)24-17-19-39(20-18-24)22-23-5-4-6-26(21-23)29-14-16-32(40)38-35(29)42/h1-13,15,21,24,29H,14,16-20,22H2,(H2,36,41)(H,38,40,42). The van der Waals surface area contributed by atoms with Crippen LogP contribution in [0.5, 0.6) is 11.5 Å². The largest absolute Gasteiger partial charge is 0.457 e.